The number of anilines is 1. The van der Waals surface area contributed by atoms with Gasteiger partial charge in [0.2, 0.25) is 0 Å². The molecule has 3 heteroatoms. The van der Waals surface area contributed by atoms with Crippen LogP contribution in [0.2, 0.25) is 0 Å². The van der Waals surface area contributed by atoms with Gasteiger partial charge >= 0.3 is 0 Å². The Morgan fingerprint density at radius 1 is 1.42 bits per heavy atom. The van der Waals surface area contributed by atoms with Gasteiger partial charge in [-0.25, -0.2) is 5.84 Å². The first kappa shape index (κ1) is 7.58. The molecule has 0 fully saturated rings. The molecule has 0 aromatic heterocycles. The highest BCUT2D eigenvalue weighted by Crippen LogP contribution is 2.32. The molecule has 0 radical (unpaired) electrons. The molecule has 64 valence electrons. The maximum absolute atomic E-state index is 5.97. The Hall–Kier alpha value is -1.06. The molecule has 0 saturated carbocycles. The Kier molecular flexibility index (Phi) is 1.40. The normalized spacial score (nSPS) is 27.4. The minimum atomic E-state index is -0.427. The van der Waals surface area contributed by atoms with Gasteiger partial charge in [-0.2, -0.15) is 0 Å². The summed E-state index contributed by atoms with van der Waals surface area (Å²) in [7, 11) is 0. The van der Waals surface area contributed by atoms with Gasteiger partial charge in [-0.15, -0.1) is 0 Å². The van der Waals surface area contributed by atoms with Crippen LogP contribution < -0.4 is 16.6 Å². The fraction of sp³-hybridized carbons (Fsp3) is 0.333. The van der Waals surface area contributed by atoms with E-state index in [9.17, 15) is 0 Å². The summed E-state index contributed by atoms with van der Waals surface area (Å²) in [6, 6.07) is 8.04. The molecular formula is C9H13N3. The minimum absolute atomic E-state index is 0.427. The van der Waals surface area contributed by atoms with E-state index < -0.39 is 5.66 Å². The van der Waals surface area contributed by atoms with Gasteiger partial charge in [0.25, 0.3) is 0 Å². The fourth-order valence-corrected chi connectivity index (χ4v) is 1.64. The zero-order chi connectivity index (χ0) is 8.77. The first-order valence-corrected chi connectivity index (χ1v) is 4.03. The number of nitrogens with zero attached hydrogens (tertiary/aromatic N) is 1. The highest BCUT2D eigenvalue weighted by atomic mass is 15.5. The van der Waals surface area contributed by atoms with E-state index in [0.29, 0.717) is 0 Å². The van der Waals surface area contributed by atoms with Crippen LogP contribution in [0.15, 0.2) is 24.3 Å². The predicted octanol–water partition coefficient (Wildman–Crippen LogP) is 0.598. The zero-order valence-corrected chi connectivity index (χ0v) is 7.12. The molecule has 0 bridgehead atoms. The van der Waals surface area contributed by atoms with Crippen LogP contribution >= 0.6 is 0 Å². The molecule has 3 nitrogen and oxygen atoms in total. The molecular weight excluding hydrogens is 150 g/mol. The lowest BCUT2D eigenvalue weighted by molar-refractivity contribution is 0.468. The Labute approximate surface area is 71.9 Å². The number of fused-ring (bicyclic) bond motifs is 1. The Bertz CT molecular complexity index is 306. The Morgan fingerprint density at radius 2 is 2.08 bits per heavy atom. The first-order chi connectivity index (χ1) is 5.61. The summed E-state index contributed by atoms with van der Waals surface area (Å²) in [4.78, 5) is 0. The van der Waals surface area contributed by atoms with Gasteiger partial charge < -0.3 is 5.73 Å². The summed E-state index contributed by atoms with van der Waals surface area (Å²) in [6.45, 7) is 1.94. The number of hydrazine groups is 1. The third kappa shape index (κ3) is 0.906. The van der Waals surface area contributed by atoms with E-state index in [1.165, 1.54) is 5.56 Å². The van der Waals surface area contributed by atoms with Crippen molar-refractivity contribution in [1.29, 1.82) is 0 Å². The zero-order valence-electron chi connectivity index (χ0n) is 7.12. The second-order valence-corrected chi connectivity index (χ2v) is 3.53. The molecule has 1 heterocycles. The van der Waals surface area contributed by atoms with Gasteiger partial charge in [-0.05, 0) is 18.6 Å². The van der Waals surface area contributed by atoms with Crippen molar-refractivity contribution in [2.75, 3.05) is 5.01 Å². The maximum Gasteiger partial charge on any atom is 0.104 e. The Balaban J connectivity index is 2.49. The van der Waals surface area contributed by atoms with Crippen LogP contribution in [0, 0.1) is 0 Å². The van der Waals surface area contributed by atoms with Gasteiger partial charge in [-0.3, -0.25) is 5.01 Å². The lowest BCUT2D eigenvalue weighted by atomic mass is 10.1. The van der Waals surface area contributed by atoms with Crippen molar-refractivity contribution in [1.82, 2.24) is 0 Å². The van der Waals surface area contributed by atoms with Crippen LogP contribution in [0.3, 0.4) is 0 Å². The Morgan fingerprint density at radius 3 is 2.75 bits per heavy atom. The minimum Gasteiger partial charge on any atom is -0.308 e. The highest BCUT2D eigenvalue weighted by molar-refractivity contribution is 5.59. The van der Waals surface area contributed by atoms with E-state index in [2.05, 4.69) is 6.07 Å². The molecule has 0 aliphatic carbocycles. The predicted molar refractivity (Wildman–Crippen MR) is 49.4 cm³/mol. The van der Waals surface area contributed by atoms with Crippen molar-refractivity contribution in [3.8, 4) is 0 Å². The number of rotatable bonds is 0. The molecule has 0 amide bonds. The van der Waals surface area contributed by atoms with Crippen molar-refractivity contribution < 1.29 is 0 Å². The van der Waals surface area contributed by atoms with Crippen LogP contribution in [0.4, 0.5) is 5.69 Å². The monoisotopic (exact) mass is 163 g/mol. The summed E-state index contributed by atoms with van der Waals surface area (Å²) in [5.74, 6) is 5.83. The molecule has 12 heavy (non-hydrogen) atoms. The summed E-state index contributed by atoms with van der Waals surface area (Å²) in [6.07, 6.45) is 0.819. The standard InChI is InChI=1S/C9H13N3/c1-9(10)6-7-4-2-3-5-8(7)12(9)11/h2-5H,6,10-11H2,1H3. The van der Waals surface area contributed by atoms with Crippen molar-refractivity contribution in [3.63, 3.8) is 0 Å². The van der Waals surface area contributed by atoms with Gasteiger partial charge in [0.15, 0.2) is 0 Å². The number of para-hydroxylation sites is 1. The second-order valence-electron chi connectivity index (χ2n) is 3.53. The van der Waals surface area contributed by atoms with Crippen LogP contribution in [-0.4, -0.2) is 5.66 Å². The van der Waals surface area contributed by atoms with Gasteiger partial charge in [0.1, 0.15) is 5.66 Å². The van der Waals surface area contributed by atoms with Crippen LogP contribution in [0.1, 0.15) is 12.5 Å². The summed E-state index contributed by atoms with van der Waals surface area (Å²) >= 11 is 0. The topological polar surface area (TPSA) is 55.3 Å². The third-order valence-corrected chi connectivity index (χ3v) is 2.35. The number of benzene rings is 1. The van der Waals surface area contributed by atoms with E-state index in [1.807, 2.05) is 25.1 Å². The van der Waals surface area contributed by atoms with Crippen molar-refractivity contribution >= 4 is 5.69 Å². The summed E-state index contributed by atoms with van der Waals surface area (Å²) in [5.41, 5.74) is 7.82. The number of hydrogen-bond donors (Lipinski definition) is 2. The second kappa shape index (κ2) is 2.21. The maximum atomic E-state index is 5.97. The van der Waals surface area contributed by atoms with Crippen LogP contribution in [0.5, 0.6) is 0 Å². The van der Waals surface area contributed by atoms with Crippen molar-refractivity contribution in [3.05, 3.63) is 29.8 Å². The van der Waals surface area contributed by atoms with E-state index in [0.717, 1.165) is 12.1 Å². The number of nitrogens with two attached hydrogens (primary N) is 2. The van der Waals surface area contributed by atoms with Crippen LogP contribution in [-0.2, 0) is 6.42 Å². The average Bonchev–Trinajstić information content (AvgIpc) is 2.24. The quantitative estimate of drug-likeness (QED) is 0.551. The molecule has 0 spiro atoms. The lowest BCUT2D eigenvalue weighted by Gasteiger charge is -2.28. The van der Waals surface area contributed by atoms with E-state index in [-0.39, 0.29) is 0 Å². The van der Waals surface area contributed by atoms with Crippen molar-refractivity contribution in [2.45, 2.75) is 19.0 Å². The van der Waals surface area contributed by atoms with E-state index in [1.54, 1.807) is 5.01 Å². The number of hydrogen-bond acceptors (Lipinski definition) is 3. The third-order valence-electron chi connectivity index (χ3n) is 2.35. The summed E-state index contributed by atoms with van der Waals surface area (Å²) in [5, 5.41) is 1.64. The smallest absolute Gasteiger partial charge is 0.104 e. The summed E-state index contributed by atoms with van der Waals surface area (Å²) < 4.78 is 0. The van der Waals surface area contributed by atoms with Gasteiger partial charge in [-0.1, -0.05) is 18.2 Å². The molecule has 1 aromatic carbocycles. The molecule has 1 aromatic rings. The van der Waals surface area contributed by atoms with Gasteiger partial charge in [0, 0.05) is 6.42 Å². The molecule has 1 aliphatic rings. The average molecular weight is 163 g/mol. The molecule has 1 unspecified atom stereocenters. The molecule has 1 atom stereocenters. The highest BCUT2D eigenvalue weighted by Gasteiger charge is 2.34. The van der Waals surface area contributed by atoms with E-state index >= 15 is 0 Å². The SMILES string of the molecule is CC1(N)Cc2ccccc2N1N. The molecule has 2 rings (SSSR count). The van der Waals surface area contributed by atoms with Crippen LogP contribution in [0.25, 0.3) is 0 Å². The van der Waals surface area contributed by atoms with Crippen molar-refractivity contribution in [2.24, 2.45) is 11.6 Å². The largest absolute Gasteiger partial charge is 0.308 e. The fourth-order valence-electron chi connectivity index (χ4n) is 1.64. The van der Waals surface area contributed by atoms with Gasteiger partial charge in [0.05, 0.1) is 5.69 Å². The first-order valence-electron chi connectivity index (χ1n) is 4.03. The molecule has 4 N–H and O–H groups in total. The molecule has 0 saturated heterocycles. The van der Waals surface area contributed by atoms with E-state index in [4.69, 9.17) is 11.6 Å². The molecule has 1 aliphatic heterocycles. The lowest BCUT2D eigenvalue weighted by Crippen LogP contribution is -2.55.